The quantitative estimate of drug-likeness (QED) is 0.148. The molecule has 0 aliphatic carbocycles. The number of nitrogens with zero attached hydrogens (tertiary/aromatic N) is 3. The number of aromatic nitrogens is 3. The molecule has 2 aromatic heterocycles. The van der Waals surface area contributed by atoms with E-state index in [1.54, 1.807) is 0 Å². The molecule has 16 heteroatoms. The molecule has 0 fully saturated rings. The van der Waals surface area contributed by atoms with E-state index in [2.05, 4.69) is 16.7 Å². The number of alkyl halides is 9. The molecule has 1 aromatic carbocycles. The lowest BCUT2D eigenvalue weighted by molar-refractivity contribution is -0.145. The molecular formula is C21H12F9N3O3S. The molecule has 0 saturated heterocycles. The Balaban J connectivity index is 2.17. The summed E-state index contributed by atoms with van der Waals surface area (Å²) in [5.74, 6) is -3.09. The predicted octanol–water partition coefficient (Wildman–Crippen LogP) is 6.29. The smallest absolute Gasteiger partial charge is 0.433 e. The van der Waals surface area contributed by atoms with Crippen LogP contribution in [0.4, 0.5) is 39.5 Å². The molecule has 0 bridgehead atoms. The lowest BCUT2D eigenvalue weighted by Crippen LogP contribution is -2.23. The fourth-order valence-electron chi connectivity index (χ4n) is 3.10. The number of Topliss-reactive ketones (excluding diaryl/α,β-unsaturated/α-hetero) is 1. The molecule has 37 heavy (non-hydrogen) atoms. The van der Waals surface area contributed by atoms with Gasteiger partial charge in [-0.2, -0.15) is 44.6 Å². The maximum atomic E-state index is 14.0. The summed E-state index contributed by atoms with van der Waals surface area (Å²) in [4.78, 5) is 29.0. The molecule has 3 aromatic rings. The normalized spacial score (nSPS) is 12.5. The Labute approximate surface area is 205 Å². The first-order valence-electron chi connectivity index (χ1n) is 9.72. The summed E-state index contributed by atoms with van der Waals surface area (Å²) in [7, 11) is 0. The second kappa shape index (κ2) is 9.99. The molecule has 2 heterocycles. The van der Waals surface area contributed by atoms with E-state index in [0.29, 0.717) is 0 Å². The van der Waals surface area contributed by atoms with Crippen molar-refractivity contribution < 1.29 is 53.8 Å². The van der Waals surface area contributed by atoms with Crippen LogP contribution in [0.15, 0.2) is 42.4 Å². The van der Waals surface area contributed by atoms with Gasteiger partial charge in [-0.1, -0.05) is 12.7 Å². The second-order valence-corrected chi connectivity index (χ2v) is 8.06. The molecule has 0 saturated carbocycles. The minimum atomic E-state index is -5.35. The number of hydrogen-bond acceptors (Lipinski definition) is 6. The first-order valence-corrected chi connectivity index (χ1v) is 10.6. The minimum absolute atomic E-state index is 0.0307. The van der Waals surface area contributed by atoms with Crippen LogP contribution in [-0.4, -0.2) is 33.1 Å². The largest absolute Gasteiger partial charge is 0.458 e. The Kier molecular flexibility index (Phi) is 7.53. The highest BCUT2D eigenvalue weighted by molar-refractivity contribution is 7.13. The molecule has 0 unspecified atom stereocenters. The van der Waals surface area contributed by atoms with Crippen LogP contribution in [0, 0.1) is 0 Å². The second-order valence-electron chi connectivity index (χ2n) is 7.17. The summed E-state index contributed by atoms with van der Waals surface area (Å²) in [5, 5.41) is 4.76. The van der Waals surface area contributed by atoms with Crippen molar-refractivity contribution in [2.75, 3.05) is 6.61 Å². The molecule has 0 atom stereocenters. The van der Waals surface area contributed by atoms with Crippen molar-refractivity contribution in [3.8, 4) is 10.7 Å². The monoisotopic (exact) mass is 557 g/mol. The van der Waals surface area contributed by atoms with Gasteiger partial charge in [0.15, 0.2) is 11.5 Å². The summed E-state index contributed by atoms with van der Waals surface area (Å²) in [6.45, 7) is 1.31. The van der Waals surface area contributed by atoms with Crippen LogP contribution in [-0.2, 0) is 29.8 Å². The zero-order valence-electron chi connectivity index (χ0n) is 18.0. The van der Waals surface area contributed by atoms with Gasteiger partial charge in [0, 0.05) is 17.1 Å². The fraction of sp³-hybridized carbons (Fsp3) is 0.238. The molecule has 6 nitrogen and oxygen atoms in total. The van der Waals surface area contributed by atoms with Gasteiger partial charge in [0.25, 0.3) is 0 Å². The zero-order chi connectivity index (χ0) is 27.8. The lowest BCUT2D eigenvalue weighted by Gasteiger charge is -2.15. The topological polar surface area (TPSA) is 74.1 Å². The van der Waals surface area contributed by atoms with Crippen molar-refractivity contribution in [2.24, 2.45) is 0 Å². The third kappa shape index (κ3) is 6.18. The standard InChI is InChI=1S/C21H12F9N3O3S/c1-2-4-36-18(35)14-15(17-31-3-5-37-17)32-33(16(14)21(28,29)30)9-13(34)10-6-11(19(22,23)24)8-12(7-10)20(25,26)27/h2-3,5-8H,1,4,9H2. The van der Waals surface area contributed by atoms with E-state index in [9.17, 15) is 49.1 Å². The van der Waals surface area contributed by atoms with Crippen LogP contribution in [0.3, 0.4) is 0 Å². The average molecular weight is 557 g/mol. The zero-order valence-corrected chi connectivity index (χ0v) is 18.8. The predicted molar refractivity (Wildman–Crippen MR) is 110 cm³/mol. The Morgan fingerprint density at radius 1 is 0.973 bits per heavy atom. The summed E-state index contributed by atoms with van der Waals surface area (Å²) in [5.41, 5.74) is -8.43. The number of ether oxygens (including phenoxy) is 1. The van der Waals surface area contributed by atoms with E-state index < -0.39 is 77.1 Å². The number of rotatable bonds is 7. The third-order valence-electron chi connectivity index (χ3n) is 4.60. The minimum Gasteiger partial charge on any atom is -0.458 e. The van der Waals surface area contributed by atoms with E-state index in [-0.39, 0.29) is 27.9 Å². The van der Waals surface area contributed by atoms with E-state index in [1.165, 1.54) is 11.6 Å². The van der Waals surface area contributed by atoms with Gasteiger partial charge >= 0.3 is 24.5 Å². The van der Waals surface area contributed by atoms with Crippen molar-refractivity contribution in [3.05, 3.63) is 70.4 Å². The summed E-state index contributed by atoms with van der Waals surface area (Å²) in [6.07, 6.45) is -13.7. The number of carbonyl (C=O) groups is 2. The summed E-state index contributed by atoms with van der Waals surface area (Å²) < 4.78 is 126. The fourth-order valence-corrected chi connectivity index (χ4v) is 3.72. The van der Waals surface area contributed by atoms with Crippen LogP contribution in [0.2, 0.25) is 0 Å². The summed E-state index contributed by atoms with van der Waals surface area (Å²) >= 11 is 0.772. The first kappa shape index (κ1) is 27.9. The van der Waals surface area contributed by atoms with Gasteiger partial charge in [-0.25, -0.2) is 9.78 Å². The Morgan fingerprint density at radius 2 is 1.57 bits per heavy atom. The van der Waals surface area contributed by atoms with Gasteiger partial charge in [0.1, 0.15) is 29.4 Å². The maximum Gasteiger partial charge on any atom is 0.433 e. The van der Waals surface area contributed by atoms with Crippen molar-refractivity contribution in [1.29, 1.82) is 0 Å². The number of halogens is 9. The molecule has 0 amide bonds. The lowest BCUT2D eigenvalue weighted by atomic mass is 10.0. The molecule has 198 valence electrons. The molecular weight excluding hydrogens is 545 g/mol. The number of carbonyl (C=O) groups excluding carboxylic acids is 2. The number of benzene rings is 1. The number of esters is 1. The molecule has 0 N–H and O–H groups in total. The number of thiazole rings is 1. The maximum absolute atomic E-state index is 14.0. The first-order chi connectivity index (χ1) is 17.0. The van der Waals surface area contributed by atoms with Gasteiger partial charge in [0.2, 0.25) is 0 Å². The number of ketones is 1. The molecule has 0 spiro atoms. The molecule has 0 aliphatic rings. The van der Waals surface area contributed by atoms with Gasteiger partial charge in [-0.05, 0) is 18.2 Å². The van der Waals surface area contributed by atoms with Crippen molar-refractivity contribution in [1.82, 2.24) is 14.8 Å². The Hall–Kier alpha value is -3.69. The van der Waals surface area contributed by atoms with Crippen molar-refractivity contribution in [3.63, 3.8) is 0 Å². The summed E-state index contributed by atoms with van der Waals surface area (Å²) in [6, 6.07) is -0.0786. The SMILES string of the molecule is C=CCOC(=O)c1c(-c2nccs2)nn(CC(=O)c2cc(C(F)(F)F)cc(C(F)(F)F)c2)c1C(F)(F)F. The highest BCUT2D eigenvalue weighted by Gasteiger charge is 2.44. The van der Waals surface area contributed by atoms with Crippen LogP contribution >= 0.6 is 11.3 Å². The molecule has 3 rings (SSSR count). The van der Waals surface area contributed by atoms with Crippen molar-refractivity contribution >= 4 is 23.1 Å². The van der Waals surface area contributed by atoms with Gasteiger partial charge in [-0.15, -0.1) is 11.3 Å². The van der Waals surface area contributed by atoms with Gasteiger partial charge < -0.3 is 4.74 Å². The average Bonchev–Trinajstić information content (AvgIpc) is 3.43. The van der Waals surface area contributed by atoms with E-state index >= 15 is 0 Å². The third-order valence-corrected chi connectivity index (χ3v) is 5.38. The van der Waals surface area contributed by atoms with E-state index in [0.717, 1.165) is 17.4 Å². The Morgan fingerprint density at radius 3 is 2.03 bits per heavy atom. The molecule has 0 aliphatic heterocycles. The van der Waals surface area contributed by atoms with Gasteiger partial charge in [0.05, 0.1) is 11.1 Å². The highest BCUT2D eigenvalue weighted by atomic mass is 32.1. The number of hydrogen-bond donors (Lipinski definition) is 0. The highest BCUT2D eigenvalue weighted by Crippen LogP contribution is 2.39. The van der Waals surface area contributed by atoms with Crippen LogP contribution in [0.1, 0.15) is 37.5 Å². The van der Waals surface area contributed by atoms with Crippen molar-refractivity contribution in [2.45, 2.75) is 25.1 Å². The van der Waals surface area contributed by atoms with Crippen LogP contribution in [0.5, 0.6) is 0 Å². The van der Waals surface area contributed by atoms with Gasteiger partial charge in [-0.3, -0.25) is 9.48 Å². The van der Waals surface area contributed by atoms with E-state index in [1.807, 2.05) is 0 Å². The Bertz CT molecular complexity index is 1290. The molecule has 0 radical (unpaired) electrons. The van der Waals surface area contributed by atoms with E-state index in [4.69, 9.17) is 4.74 Å². The van der Waals surface area contributed by atoms with Crippen LogP contribution < -0.4 is 0 Å². The van der Waals surface area contributed by atoms with Crippen LogP contribution in [0.25, 0.3) is 10.7 Å².